The molecule has 2 fully saturated rings. The highest BCUT2D eigenvalue weighted by Gasteiger charge is 2.36. The highest BCUT2D eigenvalue weighted by molar-refractivity contribution is 6.01. The Kier molecular flexibility index (Phi) is 2.90. The smallest absolute Gasteiger partial charge is 0.262 e. The second kappa shape index (κ2) is 4.58. The van der Waals surface area contributed by atoms with Crippen molar-refractivity contribution < 1.29 is 9.21 Å². The predicted molar refractivity (Wildman–Crippen MR) is 70.0 cm³/mol. The van der Waals surface area contributed by atoms with Gasteiger partial charge in [0.25, 0.3) is 5.91 Å². The van der Waals surface area contributed by atoms with Gasteiger partial charge in [0.1, 0.15) is 23.2 Å². The molecule has 0 radical (unpaired) electrons. The van der Waals surface area contributed by atoms with E-state index in [4.69, 9.17) is 9.68 Å². The number of amides is 1. The maximum absolute atomic E-state index is 11.8. The van der Waals surface area contributed by atoms with Crippen LogP contribution in [0.5, 0.6) is 0 Å². The van der Waals surface area contributed by atoms with Gasteiger partial charge in [0.2, 0.25) is 0 Å². The quantitative estimate of drug-likeness (QED) is 0.665. The predicted octanol–water partition coefficient (Wildman–Crippen LogP) is 2.59. The van der Waals surface area contributed by atoms with E-state index < -0.39 is 0 Å². The Balaban J connectivity index is 1.72. The second-order valence-electron chi connectivity index (χ2n) is 5.48. The molecule has 1 aromatic heterocycles. The monoisotopic (exact) mass is 256 g/mol. The molecule has 0 aliphatic heterocycles. The highest BCUT2D eigenvalue weighted by atomic mass is 16.3. The van der Waals surface area contributed by atoms with Crippen LogP contribution in [0.1, 0.15) is 43.6 Å². The highest BCUT2D eigenvalue weighted by Crippen LogP contribution is 2.47. The number of nitrogens with one attached hydrogen (secondary N) is 1. The normalized spacial score (nSPS) is 25.8. The summed E-state index contributed by atoms with van der Waals surface area (Å²) in [6.45, 7) is 2.19. The maximum atomic E-state index is 11.8. The fourth-order valence-corrected chi connectivity index (χ4v) is 2.15. The van der Waals surface area contributed by atoms with Crippen LogP contribution in [0.4, 0.5) is 0 Å². The van der Waals surface area contributed by atoms with Crippen molar-refractivity contribution in [1.29, 1.82) is 5.26 Å². The van der Waals surface area contributed by atoms with Crippen LogP contribution in [0.25, 0.3) is 6.08 Å². The molecule has 2 saturated carbocycles. The molecule has 4 heteroatoms. The standard InChI is InChI=1S/C15H16N2O2/c1-9-6-13(9)14-5-4-12(19-14)7-10(8-16)15(18)17-11-2-3-11/h4-5,7,9,11,13H,2-3,6H2,1H3,(H,17,18)/b10-7+/t9-,13-/m0/s1. The van der Waals surface area contributed by atoms with E-state index in [9.17, 15) is 4.79 Å². The average Bonchev–Trinajstić information content (AvgIpc) is 3.29. The van der Waals surface area contributed by atoms with Crippen molar-refractivity contribution in [2.24, 2.45) is 5.92 Å². The summed E-state index contributed by atoms with van der Waals surface area (Å²) < 4.78 is 5.67. The van der Waals surface area contributed by atoms with Crippen molar-refractivity contribution in [1.82, 2.24) is 5.32 Å². The second-order valence-corrected chi connectivity index (χ2v) is 5.48. The van der Waals surface area contributed by atoms with Crippen LogP contribution in [-0.4, -0.2) is 11.9 Å². The van der Waals surface area contributed by atoms with Crippen molar-refractivity contribution in [2.45, 2.75) is 38.1 Å². The van der Waals surface area contributed by atoms with Crippen molar-refractivity contribution in [2.75, 3.05) is 0 Å². The minimum absolute atomic E-state index is 0.108. The lowest BCUT2D eigenvalue weighted by Crippen LogP contribution is -2.26. The number of nitrogens with zero attached hydrogens (tertiary/aromatic N) is 1. The van der Waals surface area contributed by atoms with Crippen LogP contribution in [0.15, 0.2) is 22.1 Å². The molecule has 1 aromatic rings. The van der Waals surface area contributed by atoms with E-state index in [0.717, 1.165) is 25.0 Å². The maximum Gasteiger partial charge on any atom is 0.262 e. The third kappa shape index (κ3) is 2.70. The van der Waals surface area contributed by atoms with Crippen LogP contribution < -0.4 is 5.32 Å². The minimum atomic E-state index is -0.303. The van der Waals surface area contributed by atoms with Crippen LogP contribution in [-0.2, 0) is 4.79 Å². The van der Waals surface area contributed by atoms with Gasteiger partial charge in [0.05, 0.1) is 0 Å². The first-order chi connectivity index (χ1) is 9.17. The van der Waals surface area contributed by atoms with E-state index in [-0.39, 0.29) is 17.5 Å². The molecule has 0 bridgehead atoms. The average molecular weight is 256 g/mol. The van der Waals surface area contributed by atoms with E-state index in [0.29, 0.717) is 17.6 Å². The van der Waals surface area contributed by atoms with Gasteiger partial charge in [0, 0.05) is 18.0 Å². The zero-order chi connectivity index (χ0) is 13.4. The number of hydrogen-bond donors (Lipinski definition) is 1. The SMILES string of the molecule is C[C@H]1C[C@@H]1c1ccc(/C=C(\C#N)C(=O)NC2CC2)o1. The summed E-state index contributed by atoms with van der Waals surface area (Å²) in [5.41, 5.74) is 0.108. The topological polar surface area (TPSA) is 66.0 Å². The Morgan fingerprint density at radius 1 is 1.53 bits per heavy atom. The largest absolute Gasteiger partial charge is 0.461 e. The van der Waals surface area contributed by atoms with Gasteiger partial charge in [-0.15, -0.1) is 0 Å². The van der Waals surface area contributed by atoms with Crippen molar-refractivity contribution >= 4 is 12.0 Å². The molecule has 3 rings (SSSR count). The van der Waals surface area contributed by atoms with E-state index in [1.165, 1.54) is 6.08 Å². The van der Waals surface area contributed by atoms with Crippen molar-refractivity contribution in [3.8, 4) is 6.07 Å². The number of rotatable bonds is 4. The number of hydrogen-bond acceptors (Lipinski definition) is 3. The molecule has 0 spiro atoms. The van der Waals surface area contributed by atoms with Gasteiger partial charge >= 0.3 is 0 Å². The molecule has 0 saturated heterocycles. The summed E-state index contributed by atoms with van der Waals surface area (Å²) >= 11 is 0. The molecule has 2 atom stereocenters. The zero-order valence-corrected chi connectivity index (χ0v) is 10.8. The summed E-state index contributed by atoms with van der Waals surface area (Å²) in [5.74, 6) is 2.42. The number of carbonyl (C=O) groups excluding carboxylic acids is 1. The fourth-order valence-electron chi connectivity index (χ4n) is 2.15. The van der Waals surface area contributed by atoms with Gasteiger partial charge in [-0.1, -0.05) is 6.92 Å². The van der Waals surface area contributed by atoms with Crippen molar-refractivity contribution in [3.63, 3.8) is 0 Å². The Morgan fingerprint density at radius 3 is 2.84 bits per heavy atom. The van der Waals surface area contributed by atoms with E-state index in [1.54, 1.807) is 0 Å². The van der Waals surface area contributed by atoms with Crippen LogP contribution in [0.2, 0.25) is 0 Å². The lowest BCUT2D eigenvalue weighted by molar-refractivity contribution is -0.117. The molecule has 98 valence electrons. The molecular weight excluding hydrogens is 240 g/mol. The van der Waals surface area contributed by atoms with Gasteiger partial charge in [-0.25, -0.2) is 0 Å². The minimum Gasteiger partial charge on any atom is -0.461 e. The molecule has 1 heterocycles. The van der Waals surface area contributed by atoms with Crippen LogP contribution in [0, 0.1) is 17.2 Å². The summed E-state index contributed by atoms with van der Waals surface area (Å²) in [5, 5.41) is 11.8. The molecule has 1 N–H and O–H groups in total. The molecular formula is C15H16N2O2. The number of furan rings is 1. The number of nitriles is 1. The summed E-state index contributed by atoms with van der Waals surface area (Å²) in [7, 11) is 0. The third-order valence-electron chi connectivity index (χ3n) is 3.69. The van der Waals surface area contributed by atoms with Gasteiger partial charge < -0.3 is 9.73 Å². The molecule has 4 nitrogen and oxygen atoms in total. The summed E-state index contributed by atoms with van der Waals surface area (Å²) in [6.07, 6.45) is 4.70. The zero-order valence-electron chi connectivity index (χ0n) is 10.8. The van der Waals surface area contributed by atoms with E-state index in [2.05, 4.69) is 12.2 Å². The Hall–Kier alpha value is -2.02. The Labute approximate surface area is 112 Å². The Bertz CT molecular complexity index is 575. The molecule has 2 aliphatic rings. The van der Waals surface area contributed by atoms with Gasteiger partial charge in [0.15, 0.2) is 0 Å². The van der Waals surface area contributed by atoms with Gasteiger partial charge in [-0.05, 0) is 37.3 Å². The molecule has 0 unspecified atom stereocenters. The first-order valence-electron chi connectivity index (χ1n) is 6.70. The summed E-state index contributed by atoms with van der Waals surface area (Å²) in [6, 6.07) is 5.95. The Morgan fingerprint density at radius 2 is 2.26 bits per heavy atom. The molecule has 19 heavy (non-hydrogen) atoms. The molecule has 0 aromatic carbocycles. The van der Waals surface area contributed by atoms with Crippen molar-refractivity contribution in [3.05, 3.63) is 29.2 Å². The first kappa shape index (κ1) is 12.0. The van der Waals surface area contributed by atoms with Gasteiger partial charge in [-0.3, -0.25) is 4.79 Å². The lowest BCUT2D eigenvalue weighted by Gasteiger charge is -2.00. The summed E-state index contributed by atoms with van der Waals surface area (Å²) in [4.78, 5) is 11.8. The lowest BCUT2D eigenvalue weighted by atomic mass is 10.2. The van der Waals surface area contributed by atoms with Crippen LogP contribution >= 0.6 is 0 Å². The van der Waals surface area contributed by atoms with Crippen LogP contribution in [0.3, 0.4) is 0 Å². The first-order valence-corrected chi connectivity index (χ1v) is 6.70. The third-order valence-corrected chi connectivity index (χ3v) is 3.69. The molecule has 2 aliphatic carbocycles. The van der Waals surface area contributed by atoms with Gasteiger partial charge in [-0.2, -0.15) is 5.26 Å². The van der Waals surface area contributed by atoms with E-state index in [1.807, 2.05) is 18.2 Å². The number of carbonyl (C=O) groups is 1. The van der Waals surface area contributed by atoms with E-state index >= 15 is 0 Å². The molecule has 1 amide bonds. The fraction of sp³-hybridized carbons (Fsp3) is 0.467.